The molecule has 2 aromatic rings. The lowest BCUT2D eigenvalue weighted by Crippen LogP contribution is -2.31. The van der Waals surface area contributed by atoms with Crippen LogP contribution in [0.25, 0.3) is 0 Å². The van der Waals surface area contributed by atoms with Crippen LogP contribution in [0.15, 0.2) is 39.1 Å². The number of nitrogens with one attached hydrogen (secondary N) is 1. The third-order valence-electron chi connectivity index (χ3n) is 4.40. The maximum atomic E-state index is 13.1. The predicted molar refractivity (Wildman–Crippen MR) is 122 cm³/mol. The molecule has 9 heteroatoms. The van der Waals surface area contributed by atoms with Crippen LogP contribution in [0.4, 0.5) is 5.95 Å². The molecule has 2 heterocycles. The number of aromatic nitrogens is 3. The number of esters is 1. The highest BCUT2D eigenvalue weighted by Crippen LogP contribution is 2.41. The van der Waals surface area contributed by atoms with Crippen LogP contribution in [-0.4, -0.2) is 39.2 Å². The Hall–Kier alpha value is -2.00. The summed E-state index contributed by atoms with van der Waals surface area (Å²) in [7, 11) is 0. The molecular weight excluding hydrogens is 468 g/mol. The number of halogens is 1. The smallest absolute Gasteiger partial charge is 0.338 e. The minimum Gasteiger partial charge on any atom is -0.494 e. The summed E-state index contributed by atoms with van der Waals surface area (Å²) >= 11 is 5.15. The van der Waals surface area contributed by atoms with Gasteiger partial charge in [-0.2, -0.15) is 4.98 Å². The lowest BCUT2D eigenvalue weighted by Gasteiger charge is -2.29. The quantitative estimate of drug-likeness (QED) is 0.399. The highest BCUT2D eigenvalue weighted by molar-refractivity contribution is 9.10. The van der Waals surface area contributed by atoms with E-state index in [4.69, 9.17) is 14.6 Å². The minimum absolute atomic E-state index is 0.236. The van der Waals surface area contributed by atoms with E-state index in [0.717, 1.165) is 22.2 Å². The number of ether oxygens (including phenoxy) is 2. The molecule has 0 aliphatic carbocycles. The van der Waals surface area contributed by atoms with Crippen molar-refractivity contribution in [2.75, 3.05) is 17.7 Å². The zero-order valence-corrected chi connectivity index (χ0v) is 20.3. The van der Waals surface area contributed by atoms with Gasteiger partial charge < -0.3 is 14.8 Å². The first-order valence-corrected chi connectivity index (χ1v) is 11.8. The Labute approximate surface area is 189 Å². The van der Waals surface area contributed by atoms with E-state index in [1.807, 2.05) is 45.9 Å². The molecule has 1 aliphatic heterocycles. The summed E-state index contributed by atoms with van der Waals surface area (Å²) in [6.07, 6.45) is 0.787. The van der Waals surface area contributed by atoms with Crippen LogP contribution < -0.4 is 10.1 Å². The monoisotopic (exact) mass is 494 g/mol. The van der Waals surface area contributed by atoms with Gasteiger partial charge in [0, 0.05) is 21.5 Å². The largest absolute Gasteiger partial charge is 0.494 e. The molecule has 1 atom stereocenters. The Balaban J connectivity index is 2.17. The number of carbonyl (C=O) groups excluding carboxylic acids is 1. The Bertz CT molecular complexity index is 958. The van der Waals surface area contributed by atoms with Crippen LogP contribution in [0.3, 0.4) is 0 Å². The van der Waals surface area contributed by atoms with Gasteiger partial charge in [0.05, 0.1) is 18.3 Å². The summed E-state index contributed by atoms with van der Waals surface area (Å²) in [4.78, 5) is 17.7. The van der Waals surface area contributed by atoms with Crippen LogP contribution in [0.5, 0.6) is 5.75 Å². The fraction of sp³-hybridized carbons (Fsp3) is 0.476. The van der Waals surface area contributed by atoms with Crippen LogP contribution in [-0.2, 0) is 9.53 Å². The standard InChI is InChI=1S/C21H27BrN4O3S/c1-6-10-30-21-24-20-23-13(5)17(19(27)29-12(3)4)18(26(20)25-21)15-11-14(22)8-9-16(15)28-7-2/h8-9,11-12,18H,6-7,10H2,1-5H3,(H,23,24,25). The Morgan fingerprint density at radius 2 is 2.13 bits per heavy atom. The van der Waals surface area contributed by atoms with Crippen molar-refractivity contribution in [3.8, 4) is 5.75 Å². The summed E-state index contributed by atoms with van der Waals surface area (Å²) in [6, 6.07) is 5.26. The highest BCUT2D eigenvalue weighted by Gasteiger charge is 2.37. The van der Waals surface area contributed by atoms with Gasteiger partial charge in [0.2, 0.25) is 11.1 Å². The molecule has 0 amide bonds. The maximum absolute atomic E-state index is 13.1. The zero-order chi connectivity index (χ0) is 21.8. The summed E-state index contributed by atoms with van der Waals surface area (Å²) in [5.74, 6) is 1.83. The van der Waals surface area contributed by atoms with Crippen molar-refractivity contribution in [3.63, 3.8) is 0 Å². The van der Waals surface area contributed by atoms with Crippen LogP contribution in [0, 0.1) is 0 Å². The first kappa shape index (κ1) is 22.7. The van der Waals surface area contributed by atoms with E-state index in [0.29, 0.717) is 34.7 Å². The van der Waals surface area contributed by atoms with Gasteiger partial charge >= 0.3 is 5.97 Å². The van der Waals surface area contributed by atoms with E-state index in [-0.39, 0.29) is 12.1 Å². The van der Waals surface area contributed by atoms with Gasteiger partial charge in [-0.05, 0) is 52.3 Å². The average Bonchev–Trinajstić information content (AvgIpc) is 3.08. The normalized spacial score (nSPS) is 15.8. The van der Waals surface area contributed by atoms with Crippen molar-refractivity contribution in [2.24, 2.45) is 0 Å². The third-order valence-corrected chi connectivity index (χ3v) is 5.93. The van der Waals surface area contributed by atoms with Gasteiger partial charge in [0.15, 0.2) is 0 Å². The van der Waals surface area contributed by atoms with Crippen LogP contribution >= 0.6 is 27.7 Å². The third kappa shape index (κ3) is 4.83. The molecule has 3 rings (SSSR count). The number of thioether (sulfide) groups is 1. The minimum atomic E-state index is -0.518. The van der Waals surface area contributed by atoms with Crippen molar-refractivity contribution in [2.45, 2.75) is 58.3 Å². The molecule has 0 bridgehead atoms. The van der Waals surface area contributed by atoms with Crippen molar-refractivity contribution in [3.05, 3.63) is 39.5 Å². The zero-order valence-electron chi connectivity index (χ0n) is 17.9. The molecule has 0 fully saturated rings. The van der Waals surface area contributed by atoms with Gasteiger partial charge in [-0.25, -0.2) is 9.48 Å². The van der Waals surface area contributed by atoms with Crippen LogP contribution in [0.1, 0.15) is 52.6 Å². The number of hydrogen-bond acceptors (Lipinski definition) is 7. The molecule has 1 N–H and O–H groups in total. The Kier molecular flexibility index (Phi) is 7.46. The van der Waals surface area contributed by atoms with Gasteiger partial charge in [-0.1, -0.05) is 34.6 Å². The van der Waals surface area contributed by atoms with E-state index in [2.05, 4.69) is 33.2 Å². The Morgan fingerprint density at radius 3 is 2.80 bits per heavy atom. The van der Waals surface area contributed by atoms with Gasteiger partial charge in [0.25, 0.3) is 0 Å². The molecule has 1 aromatic carbocycles. The lowest BCUT2D eigenvalue weighted by atomic mass is 9.95. The second kappa shape index (κ2) is 9.87. The predicted octanol–water partition coefficient (Wildman–Crippen LogP) is 5.18. The van der Waals surface area contributed by atoms with E-state index in [1.54, 1.807) is 16.4 Å². The molecule has 1 unspecified atom stereocenters. The van der Waals surface area contributed by atoms with Crippen molar-refractivity contribution < 1.29 is 14.3 Å². The molecule has 162 valence electrons. The number of hydrogen-bond donors (Lipinski definition) is 1. The number of anilines is 1. The number of carbonyl (C=O) groups is 1. The lowest BCUT2D eigenvalue weighted by molar-refractivity contribution is -0.143. The molecule has 0 saturated heterocycles. The second-order valence-electron chi connectivity index (χ2n) is 7.15. The number of fused-ring (bicyclic) bond motifs is 1. The topological polar surface area (TPSA) is 78.3 Å². The van der Waals surface area contributed by atoms with Gasteiger partial charge in [-0.3, -0.25) is 0 Å². The molecule has 1 aliphatic rings. The van der Waals surface area contributed by atoms with Gasteiger partial charge in [0.1, 0.15) is 11.8 Å². The average molecular weight is 495 g/mol. The summed E-state index contributed by atoms with van der Waals surface area (Å²) < 4.78 is 14.1. The molecule has 0 saturated carbocycles. The number of rotatable bonds is 8. The van der Waals surface area contributed by atoms with E-state index < -0.39 is 6.04 Å². The molecule has 0 radical (unpaired) electrons. The first-order valence-electron chi connectivity index (χ1n) is 10.1. The SMILES string of the molecule is CCCSc1nc2n(n1)C(c1cc(Br)ccc1OCC)C(C(=O)OC(C)C)=C(C)N2. The van der Waals surface area contributed by atoms with E-state index in [1.165, 1.54) is 0 Å². The first-order chi connectivity index (χ1) is 14.3. The van der Waals surface area contributed by atoms with E-state index >= 15 is 0 Å². The summed E-state index contributed by atoms with van der Waals surface area (Å²) in [5, 5.41) is 8.62. The van der Waals surface area contributed by atoms with E-state index in [9.17, 15) is 4.79 Å². The molecule has 30 heavy (non-hydrogen) atoms. The van der Waals surface area contributed by atoms with Crippen molar-refractivity contribution in [1.29, 1.82) is 0 Å². The number of benzene rings is 1. The number of allylic oxidation sites excluding steroid dienone is 1. The summed E-state index contributed by atoms with van der Waals surface area (Å²) in [5.41, 5.74) is 2.01. The second-order valence-corrected chi connectivity index (χ2v) is 9.12. The fourth-order valence-electron chi connectivity index (χ4n) is 3.24. The number of nitrogens with zero attached hydrogens (tertiary/aromatic N) is 3. The molecular formula is C21H27BrN4O3S. The van der Waals surface area contributed by atoms with Gasteiger partial charge in [-0.15, -0.1) is 5.10 Å². The molecule has 1 aromatic heterocycles. The molecule has 0 spiro atoms. The summed E-state index contributed by atoms with van der Waals surface area (Å²) in [6.45, 7) is 10.1. The molecule has 7 nitrogen and oxygen atoms in total. The Morgan fingerprint density at radius 1 is 1.37 bits per heavy atom. The fourth-order valence-corrected chi connectivity index (χ4v) is 4.30. The highest BCUT2D eigenvalue weighted by atomic mass is 79.9. The van der Waals surface area contributed by atoms with Crippen LogP contribution in [0.2, 0.25) is 0 Å². The van der Waals surface area contributed by atoms with Crippen molar-refractivity contribution >= 4 is 39.6 Å². The maximum Gasteiger partial charge on any atom is 0.338 e. The van der Waals surface area contributed by atoms with Crippen molar-refractivity contribution in [1.82, 2.24) is 14.8 Å².